The molecule has 100 valence electrons. The molecular weight excluding hydrogens is 224 g/mol. The molecule has 0 aliphatic carbocycles. The molecule has 0 aliphatic rings. The average Bonchev–Trinajstić information content (AvgIpc) is 2.39. The number of rotatable bonds is 9. The van der Waals surface area contributed by atoms with Crippen molar-refractivity contribution in [1.82, 2.24) is 0 Å². The van der Waals surface area contributed by atoms with E-state index < -0.39 is 0 Å². The molecule has 2 heteroatoms. The van der Waals surface area contributed by atoms with E-state index in [1.165, 1.54) is 44.1 Å². The third-order valence-corrected chi connectivity index (χ3v) is 3.37. The van der Waals surface area contributed by atoms with Gasteiger partial charge in [0.25, 0.3) is 6.47 Å². The van der Waals surface area contributed by atoms with Gasteiger partial charge in [-0.25, -0.2) is 0 Å². The first-order chi connectivity index (χ1) is 8.77. The van der Waals surface area contributed by atoms with Gasteiger partial charge in [0, 0.05) is 0 Å². The van der Waals surface area contributed by atoms with Crippen molar-refractivity contribution in [3.8, 4) is 5.75 Å². The molecule has 0 heterocycles. The minimum atomic E-state index is 0.464. The third kappa shape index (κ3) is 5.35. The van der Waals surface area contributed by atoms with Gasteiger partial charge in [0.1, 0.15) is 5.75 Å². The van der Waals surface area contributed by atoms with E-state index in [-0.39, 0.29) is 0 Å². The van der Waals surface area contributed by atoms with Crippen molar-refractivity contribution in [2.75, 3.05) is 0 Å². The lowest BCUT2D eigenvalue weighted by Crippen LogP contribution is -1.95. The first-order valence-corrected chi connectivity index (χ1v) is 6.98. The van der Waals surface area contributed by atoms with E-state index >= 15 is 0 Å². The Bertz CT molecular complexity index is 329. The van der Waals surface area contributed by atoms with Crippen molar-refractivity contribution in [2.24, 2.45) is 0 Å². The maximum absolute atomic E-state index is 10.2. The standard InChI is InChI=1S/C16H24O2/c1-3-4-5-6-7-8-14(2)15-9-11-16(12-10-15)18-13-17/h9-14H,3-8H2,1-2H3. The topological polar surface area (TPSA) is 26.3 Å². The number of ether oxygens (including phenoxy) is 1. The van der Waals surface area contributed by atoms with Crippen LogP contribution in [0.15, 0.2) is 24.3 Å². The fourth-order valence-corrected chi connectivity index (χ4v) is 2.15. The van der Waals surface area contributed by atoms with Gasteiger partial charge in [-0.15, -0.1) is 0 Å². The summed E-state index contributed by atoms with van der Waals surface area (Å²) in [5.41, 5.74) is 1.32. The monoisotopic (exact) mass is 248 g/mol. The van der Waals surface area contributed by atoms with Gasteiger partial charge in [-0.2, -0.15) is 0 Å². The largest absolute Gasteiger partial charge is 0.429 e. The highest BCUT2D eigenvalue weighted by Gasteiger charge is 2.05. The highest BCUT2D eigenvalue weighted by Crippen LogP contribution is 2.24. The Morgan fingerprint density at radius 2 is 1.78 bits per heavy atom. The number of unbranched alkanes of at least 4 members (excludes halogenated alkanes) is 4. The number of hydrogen-bond donors (Lipinski definition) is 0. The Morgan fingerprint density at radius 3 is 2.39 bits per heavy atom. The van der Waals surface area contributed by atoms with Gasteiger partial charge in [-0.1, -0.05) is 58.1 Å². The predicted octanol–water partition coefficient (Wildman–Crippen LogP) is 4.69. The van der Waals surface area contributed by atoms with Crippen LogP contribution in [0.2, 0.25) is 0 Å². The Kier molecular flexibility index (Phi) is 7.16. The van der Waals surface area contributed by atoms with Gasteiger partial charge in [0.2, 0.25) is 0 Å². The summed E-state index contributed by atoms with van der Waals surface area (Å²) < 4.78 is 4.79. The molecule has 0 amide bonds. The third-order valence-electron chi connectivity index (χ3n) is 3.37. The molecule has 0 aliphatic heterocycles. The smallest absolute Gasteiger partial charge is 0.298 e. The van der Waals surface area contributed by atoms with E-state index in [0.29, 0.717) is 18.1 Å². The van der Waals surface area contributed by atoms with Crippen LogP contribution in [0.1, 0.15) is 63.9 Å². The molecule has 1 aromatic carbocycles. The molecule has 1 atom stereocenters. The number of carbonyl (C=O) groups is 1. The molecule has 0 radical (unpaired) electrons. The van der Waals surface area contributed by atoms with Crippen molar-refractivity contribution < 1.29 is 9.53 Å². The summed E-state index contributed by atoms with van der Waals surface area (Å²) in [5, 5.41) is 0. The summed E-state index contributed by atoms with van der Waals surface area (Å²) in [7, 11) is 0. The number of carbonyl (C=O) groups excluding carboxylic acids is 1. The van der Waals surface area contributed by atoms with E-state index in [0.717, 1.165) is 0 Å². The second-order valence-electron chi connectivity index (χ2n) is 4.89. The zero-order valence-electron chi connectivity index (χ0n) is 11.5. The van der Waals surface area contributed by atoms with E-state index in [1.807, 2.05) is 12.1 Å². The van der Waals surface area contributed by atoms with Crippen molar-refractivity contribution in [3.05, 3.63) is 29.8 Å². The second kappa shape index (κ2) is 8.73. The van der Waals surface area contributed by atoms with Gasteiger partial charge in [0.15, 0.2) is 0 Å². The normalized spacial score (nSPS) is 12.1. The quantitative estimate of drug-likeness (QED) is 0.468. The summed E-state index contributed by atoms with van der Waals surface area (Å²) in [5.74, 6) is 1.20. The van der Waals surface area contributed by atoms with Crippen LogP contribution in [-0.4, -0.2) is 6.47 Å². The summed E-state index contributed by atoms with van der Waals surface area (Å²) in [6.45, 7) is 4.97. The van der Waals surface area contributed by atoms with Crippen LogP contribution in [0.5, 0.6) is 5.75 Å². The lowest BCUT2D eigenvalue weighted by Gasteiger charge is -2.12. The highest BCUT2D eigenvalue weighted by molar-refractivity contribution is 5.45. The van der Waals surface area contributed by atoms with Crippen LogP contribution in [0.3, 0.4) is 0 Å². The Labute approximate surface area is 110 Å². The van der Waals surface area contributed by atoms with E-state index in [9.17, 15) is 4.79 Å². The van der Waals surface area contributed by atoms with E-state index in [1.54, 1.807) is 0 Å². The summed E-state index contributed by atoms with van der Waals surface area (Å²) in [6.07, 6.45) is 7.88. The molecule has 0 fully saturated rings. The molecule has 0 spiro atoms. The molecular formula is C16H24O2. The molecule has 0 N–H and O–H groups in total. The van der Waals surface area contributed by atoms with Crippen LogP contribution in [0, 0.1) is 0 Å². The molecule has 0 saturated heterocycles. The lowest BCUT2D eigenvalue weighted by atomic mass is 9.95. The summed E-state index contributed by atoms with van der Waals surface area (Å²) in [6, 6.07) is 7.82. The van der Waals surface area contributed by atoms with Gasteiger partial charge in [0.05, 0.1) is 0 Å². The molecule has 0 saturated carbocycles. The van der Waals surface area contributed by atoms with Crippen LogP contribution in [0.25, 0.3) is 0 Å². The minimum Gasteiger partial charge on any atom is -0.429 e. The molecule has 2 nitrogen and oxygen atoms in total. The van der Waals surface area contributed by atoms with Crippen molar-refractivity contribution in [1.29, 1.82) is 0 Å². The number of hydrogen-bond acceptors (Lipinski definition) is 2. The second-order valence-corrected chi connectivity index (χ2v) is 4.89. The van der Waals surface area contributed by atoms with Crippen LogP contribution in [-0.2, 0) is 4.79 Å². The molecule has 1 rings (SSSR count). The SMILES string of the molecule is CCCCCCCC(C)c1ccc(OC=O)cc1. The van der Waals surface area contributed by atoms with Gasteiger partial charge < -0.3 is 4.74 Å². The first-order valence-electron chi connectivity index (χ1n) is 6.98. The van der Waals surface area contributed by atoms with Crippen LogP contribution < -0.4 is 4.74 Å². The number of benzene rings is 1. The van der Waals surface area contributed by atoms with Crippen molar-refractivity contribution in [3.63, 3.8) is 0 Å². The van der Waals surface area contributed by atoms with Gasteiger partial charge >= 0.3 is 0 Å². The van der Waals surface area contributed by atoms with Crippen molar-refractivity contribution >= 4 is 6.47 Å². The lowest BCUT2D eigenvalue weighted by molar-refractivity contribution is -0.120. The summed E-state index contributed by atoms with van der Waals surface area (Å²) in [4.78, 5) is 10.2. The van der Waals surface area contributed by atoms with E-state index in [4.69, 9.17) is 4.74 Å². The molecule has 0 bridgehead atoms. The molecule has 1 aromatic rings. The Balaban J connectivity index is 2.32. The Morgan fingerprint density at radius 1 is 1.11 bits per heavy atom. The van der Waals surface area contributed by atoms with Crippen molar-refractivity contribution in [2.45, 2.75) is 58.3 Å². The summed E-state index contributed by atoms with van der Waals surface area (Å²) >= 11 is 0. The fourth-order valence-electron chi connectivity index (χ4n) is 2.15. The minimum absolute atomic E-state index is 0.464. The van der Waals surface area contributed by atoms with Crippen LogP contribution in [0.4, 0.5) is 0 Å². The molecule has 18 heavy (non-hydrogen) atoms. The predicted molar refractivity (Wildman–Crippen MR) is 74.9 cm³/mol. The highest BCUT2D eigenvalue weighted by atomic mass is 16.5. The maximum Gasteiger partial charge on any atom is 0.298 e. The molecule has 0 aromatic heterocycles. The van der Waals surface area contributed by atoms with Crippen LogP contribution >= 0.6 is 0 Å². The molecule has 1 unspecified atom stereocenters. The Hall–Kier alpha value is -1.31. The van der Waals surface area contributed by atoms with Gasteiger partial charge in [-0.05, 0) is 30.0 Å². The average molecular weight is 248 g/mol. The fraction of sp³-hybridized carbons (Fsp3) is 0.562. The van der Waals surface area contributed by atoms with Gasteiger partial charge in [-0.3, -0.25) is 4.79 Å². The van der Waals surface area contributed by atoms with E-state index in [2.05, 4.69) is 26.0 Å². The zero-order chi connectivity index (χ0) is 13.2. The zero-order valence-corrected chi connectivity index (χ0v) is 11.5. The maximum atomic E-state index is 10.2. The first kappa shape index (κ1) is 14.7.